The van der Waals surface area contributed by atoms with Crippen LogP contribution < -0.4 is 4.74 Å². The second-order valence-electron chi connectivity index (χ2n) is 3.11. The van der Waals surface area contributed by atoms with E-state index in [0.717, 1.165) is 0 Å². The van der Waals surface area contributed by atoms with Crippen LogP contribution in [0.5, 0.6) is 11.5 Å². The van der Waals surface area contributed by atoms with E-state index in [1.807, 2.05) is 0 Å². The number of aliphatic carboxylic acids is 1. The molecule has 82 valence electrons. The van der Waals surface area contributed by atoms with Crippen LogP contribution in [0.4, 0.5) is 0 Å². The van der Waals surface area contributed by atoms with Gasteiger partial charge in [0.15, 0.2) is 11.5 Å². The summed E-state index contributed by atoms with van der Waals surface area (Å²) < 4.78 is 5.45. The number of benzene rings is 1. The van der Waals surface area contributed by atoms with Gasteiger partial charge in [-0.25, -0.2) is 0 Å². The summed E-state index contributed by atoms with van der Waals surface area (Å²) in [5.74, 6) is -0.667. The standard InChI is InChI=1S/C10H11BrO4/c1-5-3-7(12)10(15-2)9(11)6(5)4-8(13)14/h3,12H,4H2,1-2H3,(H,13,14). The van der Waals surface area contributed by atoms with Gasteiger partial charge in [-0.1, -0.05) is 0 Å². The molecule has 0 heterocycles. The van der Waals surface area contributed by atoms with Gasteiger partial charge in [0.2, 0.25) is 0 Å². The average Bonchev–Trinajstić information content (AvgIpc) is 2.12. The second kappa shape index (κ2) is 4.53. The van der Waals surface area contributed by atoms with Crippen LogP contribution in [0.25, 0.3) is 0 Å². The van der Waals surface area contributed by atoms with E-state index in [-0.39, 0.29) is 17.9 Å². The highest BCUT2D eigenvalue weighted by atomic mass is 79.9. The molecule has 1 aromatic carbocycles. The van der Waals surface area contributed by atoms with Gasteiger partial charge in [0.05, 0.1) is 18.0 Å². The van der Waals surface area contributed by atoms with Crippen molar-refractivity contribution in [3.63, 3.8) is 0 Å². The molecule has 0 aliphatic rings. The van der Waals surface area contributed by atoms with Crippen molar-refractivity contribution in [2.75, 3.05) is 7.11 Å². The second-order valence-corrected chi connectivity index (χ2v) is 3.90. The number of aromatic hydroxyl groups is 1. The van der Waals surface area contributed by atoms with Crippen LogP contribution in [0.3, 0.4) is 0 Å². The molecular weight excluding hydrogens is 264 g/mol. The minimum atomic E-state index is -0.924. The number of carbonyl (C=O) groups is 1. The van der Waals surface area contributed by atoms with Crippen molar-refractivity contribution in [2.45, 2.75) is 13.3 Å². The van der Waals surface area contributed by atoms with E-state index in [1.165, 1.54) is 13.2 Å². The third kappa shape index (κ3) is 2.41. The van der Waals surface area contributed by atoms with Gasteiger partial charge in [0, 0.05) is 0 Å². The number of hydrogen-bond acceptors (Lipinski definition) is 3. The molecular formula is C10H11BrO4. The third-order valence-corrected chi connectivity index (χ3v) is 2.90. The zero-order valence-electron chi connectivity index (χ0n) is 8.37. The lowest BCUT2D eigenvalue weighted by atomic mass is 10.0. The minimum Gasteiger partial charge on any atom is -0.504 e. The molecule has 0 aliphatic heterocycles. The van der Waals surface area contributed by atoms with Crippen molar-refractivity contribution in [2.24, 2.45) is 0 Å². The Balaban J connectivity index is 3.32. The molecule has 0 unspecified atom stereocenters. The predicted molar refractivity (Wildman–Crippen MR) is 58.4 cm³/mol. The molecule has 1 aromatic rings. The van der Waals surface area contributed by atoms with E-state index in [9.17, 15) is 9.90 Å². The molecule has 4 nitrogen and oxygen atoms in total. The van der Waals surface area contributed by atoms with Gasteiger partial charge >= 0.3 is 5.97 Å². The number of carboxylic acids is 1. The summed E-state index contributed by atoms with van der Waals surface area (Å²) >= 11 is 3.22. The zero-order chi connectivity index (χ0) is 11.6. The lowest BCUT2D eigenvalue weighted by Gasteiger charge is -2.12. The SMILES string of the molecule is COc1c(O)cc(C)c(CC(=O)O)c1Br. The quantitative estimate of drug-likeness (QED) is 0.886. The summed E-state index contributed by atoms with van der Waals surface area (Å²) in [6.45, 7) is 1.74. The molecule has 0 fully saturated rings. The monoisotopic (exact) mass is 274 g/mol. The fourth-order valence-corrected chi connectivity index (χ4v) is 2.16. The normalized spacial score (nSPS) is 10.1. The van der Waals surface area contributed by atoms with E-state index in [4.69, 9.17) is 9.84 Å². The lowest BCUT2D eigenvalue weighted by Crippen LogP contribution is -2.04. The summed E-state index contributed by atoms with van der Waals surface area (Å²) in [5.41, 5.74) is 1.32. The van der Waals surface area contributed by atoms with Gasteiger partial charge in [0.1, 0.15) is 0 Å². The van der Waals surface area contributed by atoms with Gasteiger partial charge in [-0.3, -0.25) is 4.79 Å². The van der Waals surface area contributed by atoms with E-state index >= 15 is 0 Å². The van der Waals surface area contributed by atoms with Crippen LogP contribution in [0, 0.1) is 6.92 Å². The first-order valence-electron chi connectivity index (χ1n) is 4.24. The first kappa shape index (κ1) is 11.8. The number of aryl methyl sites for hydroxylation is 1. The summed E-state index contributed by atoms with van der Waals surface area (Å²) in [6, 6.07) is 1.49. The Morgan fingerprint density at radius 3 is 2.67 bits per heavy atom. The van der Waals surface area contributed by atoms with E-state index in [0.29, 0.717) is 15.6 Å². The molecule has 0 bridgehead atoms. The highest BCUT2D eigenvalue weighted by molar-refractivity contribution is 9.10. The summed E-state index contributed by atoms with van der Waals surface area (Å²) in [4.78, 5) is 10.6. The van der Waals surface area contributed by atoms with Crippen LogP contribution in [-0.4, -0.2) is 23.3 Å². The van der Waals surface area contributed by atoms with Crippen LogP contribution in [-0.2, 0) is 11.2 Å². The molecule has 1 rings (SSSR count). The number of hydrogen-bond donors (Lipinski definition) is 2. The lowest BCUT2D eigenvalue weighted by molar-refractivity contribution is -0.136. The predicted octanol–water partition coefficient (Wildman–Crippen LogP) is 2.10. The molecule has 0 spiro atoms. The fraction of sp³-hybridized carbons (Fsp3) is 0.300. The smallest absolute Gasteiger partial charge is 0.307 e. The first-order chi connectivity index (χ1) is 6.97. The molecule has 5 heteroatoms. The van der Waals surface area contributed by atoms with E-state index in [1.54, 1.807) is 6.92 Å². The summed E-state index contributed by atoms with van der Waals surface area (Å²) in [7, 11) is 1.42. The highest BCUT2D eigenvalue weighted by Gasteiger charge is 2.16. The maximum absolute atomic E-state index is 10.6. The fourth-order valence-electron chi connectivity index (χ4n) is 1.34. The topological polar surface area (TPSA) is 66.8 Å². The van der Waals surface area contributed by atoms with Crippen molar-refractivity contribution in [3.8, 4) is 11.5 Å². The highest BCUT2D eigenvalue weighted by Crippen LogP contribution is 2.39. The first-order valence-corrected chi connectivity index (χ1v) is 5.03. The molecule has 2 N–H and O–H groups in total. The number of halogens is 1. The Morgan fingerprint density at radius 1 is 1.60 bits per heavy atom. The molecule has 0 saturated carbocycles. The van der Waals surface area contributed by atoms with Gasteiger partial charge in [-0.05, 0) is 40.0 Å². The van der Waals surface area contributed by atoms with Crippen LogP contribution in [0.2, 0.25) is 0 Å². The minimum absolute atomic E-state index is 0.00369. The number of methoxy groups -OCH3 is 1. The molecule has 0 radical (unpaired) electrons. The Morgan fingerprint density at radius 2 is 2.20 bits per heavy atom. The van der Waals surface area contributed by atoms with Crippen LogP contribution in [0.15, 0.2) is 10.5 Å². The summed E-state index contributed by atoms with van der Waals surface area (Å²) in [6.07, 6.45) is -0.108. The van der Waals surface area contributed by atoms with Crippen molar-refractivity contribution in [1.82, 2.24) is 0 Å². The molecule has 0 amide bonds. The molecule has 0 saturated heterocycles. The number of phenols is 1. The maximum atomic E-state index is 10.6. The Labute approximate surface area is 95.6 Å². The average molecular weight is 275 g/mol. The molecule has 15 heavy (non-hydrogen) atoms. The van der Waals surface area contributed by atoms with Gasteiger partial charge in [-0.15, -0.1) is 0 Å². The summed E-state index contributed by atoms with van der Waals surface area (Å²) in [5, 5.41) is 18.3. The Hall–Kier alpha value is -1.23. The Kier molecular flexibility index (Phi) is 3.57. The number of phenolic OH excluding ortho intramolecular Hbond substituents is 1. The number of ether oxygens (including phenoxy) is 1. The third-order valence-electron chi connectivity index (χ3n) is 2.06. The van der Waals surface area contributed by atoms with Gasteiger partial charge < -0.3 is 14.9 Å². The molecule has 0 aromatic heterocycles. The van der Waals surface area contributed by atoms with Gasteiger partial charge in [-0.2, -0.15) is 0 Å². The zero-order valence-corrected chi connectivity index (χ0v) is 9.96. The van der Waals surface area contributed by atoms with Crippen molar-refractivity contribution in [1.29, 1.82) is 0 Å². The van der Waals surface area contributed by atoms with Crippen molar-refractivity contribution < 1.29 is 19.7 Å². The van der Waals surface area contributed by atoms with Gasteiger partial charge in [0.25, 0.3) is 0 Å². The van der Waals surface area contributed by atoms with Crippen molar-refractivity contribution >= 4 is 21.9 Å². The van der Waals surface area contributed by atoms with E-state index < -0.39 is 5.97 Å². The maximum Gasteiger partial charge on any atom is 0.307 e. The van der Waals surface area contributed by atoms with E-state index in [2.05, 4.69) is 15.9 Å². The Bertz CT molecular complexity index is 401. The largest absolute Gasteiger partial charge is 0.504 e. The molecule has 0 atom stereocenters. The van der Waals surface area contributed by atoms with Crippen LogP contribution in [0.1, 0.15) is 11.1 Å². The number of carboxylic acid groups (broad SMARTS) is 1. The number of rotatable bonds is 3. The van der Waals surface area contributed by atoms with Crippen molar-refractivity contribution in [3.05, 3.63) is 21.7 Å². The molecule has 0 aliphatic carbocycles. The van der Waals surface area contributed by atoms with Crippen LogP contribution >= 0.6 is 15.9 Å².